The molecule has 1 aromatic heterocycles. The van der Waals surface area contributed by atoms with Gasteiger partial charge in [0.25, 0.3) is 6.71 Å². The van der Waals surface area contributed by atoms with Crippen LogP contribution >= 0.6 is 0 Å². The van der Waals surface area contributed by atoms with E-state index in [4.69, 9.17) is 0 Å². The lowest BCUT2D eigenvalue weighted by molar-refractivity contribution is 0.667. The summed E-state index contributed by atoms with van der Waals surface area (Å²) in [5.41, 5.74) is 16.1. The molecule has 2 nitrogen and oxygen atoms in total. The Morgan fingerprint density at radius 2 is 1.51 bits per heavy atom. The Balaban J connectivity index is 1.49. The summed E-state index contributed by atoms with van der Waals surface area (Å²) < 4.78 is 2.69. The van der Waals surface area contributed by atoms with E-state index >= 15 is 0 Å². The molecule has 1 aliphatic carbocycles. The number of hydrogen-bond donors (Lipinski definition) is 0. The minimum atomic E-state index is -1.85. The van der Waals surface area contributed by atoms with Crippen LogP contribution < -0.4 is 31.7 Å². The standard InChI is InChI=1S/C33H29BN2Si/c1-20-18-27-31-28(19-20)36-26-15-6-7-16-29(26)37(2,3)30-17-9-13-24(33(30)36)34(31)23-12-8-11-22-21-10-4-5-14-25(21)35(27)32(22)23/h6-9,11-13,15-19H,4-5,10,14H2,1-3H3. The molecular formula is C33H29BN2Si. The van der Waals surface area contributed by atoms with Crippen LogP contribution in [-0.4, -0.2) is 19.4 Å². The van der Waals surface area contributed by atoms with Gasteiger partial charge in [-0.05, 0) is 88.7 Å². The number of nitrogens with zero attached hydrogens (tertiary/aromatic N) is 2. The molecule has 0 N–H and O–H groups in total. The number of para-hydroxylation sites is 3. The fourth-order valence-corrected chi connectivity index (χ4v) is 11.3. The first-order valence-electron chi connectivity index (χ1n) is 13.9. The predicted molar refractivity (Wildman–Crippen MR) is 161 cm³/mol. The number of aryl methyl sites for hydroxylation is 2. The summed E-state index contributed by atoms with van der Waals surface area (Å²) >= 11 is 0. The Bertz CT molecular complexity index is 1850. The first-order chi connectivity index (χ1) is 18.1. The summed E-state index contributed by atoms with van der Waals surface area (Å²) in [5.74, 6) is 0. The van der Waals surface area contributed by atoms with Gasteiger partial charge in [0, 0.05) is 39.3 Å². The summed E-state index contributed by atoms with van der Waals surface area (Å²) in [5, 5.41) is 4.61. The van der Waals surface area contributed by atoms with Gasteiger partial charge in [-0.2, -0.15) is 0 Å². The van der Waals surface area contributed by atoms with Crippen LogP contribution in [0.15, 0.2) is 72.8 Å². The smallest absolute Gasteiger partial charge is 0.252 e. The van der Waals surface area contributed by atoms with E-state index in [0.29, 0.717) is 0 Å². The largest absolute Gasteiger partial charge is 0.314 e. The van der Waals surface area contributed by atoms with Crippen LogP contribution in [0.3, 0.4) is 0 Å². The molecule has 0 amide bonds. The molecule has 0 radical (unpaired) electrons. The van der Waals surface area contributed by atoms with Crippen LogP contribution in [0.4, 0.5) is 17.1 Å². The lowest BCUT2D eigenvalue weighted by Gasteiger charge is -2.47. The van der Waals surface area contributed by atoms with Crippen molar-refractivity contribution >= 4 is 69.5 Å². The molecule has 4 aliphatic rings. The number of anilines is 3. The molecule has 5 aromatic rings. The Morgan fingerprint density at radius 1 is 0.757 bits per heavy atom. The Labute approximate surface area is 219 Å². The molecule has 4 heteroatoms. The van der Waals surface area contributed by atoms with E-state index in [2.05, 4.69) is 102 Å². The summed E-state index contributed by atoms with van der Waals surface area (Å²) in [7, 11) is -1.85. The van der Waals surface area contributed by atoms with Gasteiger partial charge in [-0.1, -0.05) is 67.7 Å². The van der Waals surface area contributed by atoms with Crippen molar-refractivity contribution in [1.82, 2.24) is 4.57 Å². The van der Waals surface area contributed by atoms with Gasteiger partial charge in [0.15, 0.2) is 0 Å². The van der Waals surface area contributed by atoms with Crippen molar-refractivity contribution in [2.24, 2.45) is 0 Å². The second-order valence-electron chi connectivity index (χ2n) is 12.1. The van der Waals surface area contributed by atoms with Crippen molar-refractivity contribution in [3.8, 4) is 5.69 Å². The van der Waals surface area contributed by atoms with E-state index in [1.165, 1.54) is 81.3 Å². The summed E-state index contributed by atoms with van der Waals surface area (Å²) in [6.45, 7) is 7.64. The Hall–Kier alpha value is -3.50. The van der Waals surface area contributed by atoms with Gasteiger partial charge < -0.3 is 9.47 Å². The SMILES string of the molecule is Cc1cc2c3c(c1)-n1c4c(c5cccc(c51)B3c1cccc3c1N2c1ccccc1[Si]3(C)C)CCCC4. The van der Waals surface area contributed by atoms with Gasteiger partial charge in [0.2, 0.25) is 0 Å². The van der Waals surface area contributed by atoms with Crippen molar-refractivity contribution in [3.05, 3.63) is 89.6 Å². The first kappa shape index (κ1) is 20.5. The minimum absolute atomic E-state index is 0.277. The predicted octanol–water partition coefficient (Wildman–Crippen LogP) is 4.57. The van der Waals surface area contributed by atoms with Crippen molar-refractivity contribution in [1.29, 1.82) is 0 Å². The molecule has 0 spiro atoms. The fourth-order valence-electron chi connectivity index (χ4n) is 8.28. The van der Waals surface area contributed by atoms with Crippen LogP contribution in [0.25, 0.3) is 16.6 Å². The molecule has 0 saturated heterocycles. The normalized spacial score (nSPS) is 17.3. The highest BCUT2D eigenvalue weighted by molar-refractivity contribution is 7.05. The number of aromatic nitrogens is 1. The molecular weight excluding hydrogens is 463 g/mol. The number of benzene rings is 4. The molecule has 37 heavy (non-hydrogen) atoms. The third-order valence-electron chi connectivity index (χ3n) is 9.78. The number of rotatable bonds is 0. The highest BCUT2D eigenvalue weighted by Gasteiger charge is 2.48. The molecule has 0 unspecified atom stereocenters. The van der Waals surface area contributed by atoms with E-state index in [1.54, 1.807) is 21.6 Å². The van der Waals surface area contributed by atoms with Crippen molar-refractivity contribution in [3.63, 3.8) is 0 Å². The Kier molecular flexibility index (Phi) is 3.71. The van der Waals surface area contributed by atoms with Gasteiger partial charge in [0.1, 0.15) is 8.07 Å². The topological polar surface area (TPSA) is 8.17 Å². The van der Waals surface area contributed by atoms with Crippen LogP contribution in [0.5, 0.6) is 0 Å². The third-order valence-corrected chi connectivity index (χ3v) is 13.3. The average molecular weight is 493 g/mol. The van der Waals surface area contributed by atoms with Gasteiger partial charge in [-0.25, -0.2) is 0 Å². The highest BCUT2D eigenvalue weighted by atomic mass is 28.3. The molecule has 178 valence electrons. The lowest BCUT2D eigenvalue weighted by Crippen LogP contribution is -2.67. The zero-order valence-corrected chi connectivity index (χ0v) is 22.7. The molecule has 0 bridgehead atoms. The van der Waals surface area contributed by atoms with Crippen LogP contribution in [0.2, 0.25) is 13.1 Å². The second kappa shape index (κ2) is 6.68. The third kappa shape index (κ3) is 2.31. The molecule has 9 rings (SSSR count). The second-order valence-corrected chi connectivity index (χ2v) is 16.4. The molecule has 4 heterocycles. The molecule has 0 atom stereocenters. The van der Waals surface area contributed by atoms with Gasteiger partial charge in [-0.3, -0.25) is 0 Å². The highest BCUT2D eigenvalue weighted by Crippen LogP contribution is 2.43. The van der Waals surface area contributed by atoms with Crippen LogP contribution in [0, 0.1) is 6.92 Å². The zero-order chi connectivity index (χ0) is 24.6. The maximum absolute atomic E-state index is 2.69. The number of fused-ring (bicyclic) bond motifs is 9. The molecule has 3 aliphatic heterocycles. The lowest BCUT2D eigenvalue weighted by atomic mass is 9.33. The summed E-state index contributed by atoms with van der Waals surface area (Å²) in [6, 6.07) is 28.5. The molecule has 4 aromatic carbocycles. The van der Waals surface area contributed by atoms with E-state index in [1.807, 2.05) is 0 Å². The maximum atomic E-state index is 2.69. The van der Waals surface area contributed by atoms with Crippen LogP contribution in [-0.2, 0) is 12.8 Å². The quantitative estimate of drug-likeness (QED) is 0.282. The van der Waals surface area contributed by atoms with E-state index in [9.17, 15) is 0 Å². The monoisotopic (exact) mass is 492 g/mol. The van der Waals surface area contributed by atoms with Gasteiger partial charge in [0.05, 0.1) is 0 Å². The molecule has 0 fully saturated rings. The van der Waals surface area contributed by atoms with E-state index in [0.717, 1.165) is 0 Å². The Morgan fingerprint density at radius 3 is 2.43 bits per heavy atom. The van der Waals surface area contributed by atoms with E-state index < -0.39 is 8.07 Å². The van der Waals surface area contributed by atoms with E-state index in [-0.39, 0.29) is 6.71 Å². The first-order valence-corrected chi connectivity index (χ1v) is 16.9. The maximum Gasteiger partial charge on any atom is 0.252 e. The molecule has 0 saturated carbocycles. The van der Waals surface area contributed by atoms with Crippen molar-refractivity contribution < 1.29 is 0 Å². The minimum Gasteiger partial charge on any atom is -0.314 e. The average Bonchev–Trinajstić information content (AvgIpc) is 3.25. The van der Waals surface area contributed by atoms with Crippen molar-refractivity contribution in [2.45, 2.75) is 45.7 Å². The zero-order valence-electron chi connectivity index (χ0n) is 21.7. The fraction of sp³-hybridized carbons (Fsp3) is 0.212. The number of hydrogen-bond acceptors (Lipinski definition) is 1. The summed E-state index contributed by atoms with van der Waals surface area (Å²) in [6.07, 6.45) is 4.99. The van der Waals surface area contributed by atoms with Gasteiger partial charge >= 0.3 is 0 Å². The van der Waals surface area contributed by atoms with Crippen molar-refractivity contribution in [2.75, 3.05) is 4.90 Å². The van der Waals surface area contributed by atoms with Crippen LogP contribution in [0.1, 0.15) is 29.7 Å². The summed E-state index contributed by atoms with van der Waals surface area (Å²) in [4.78, 5) is 2.64. The van der Waals surface area contributed by atoms with Gasteiger partial charge in [-0.15, -0.1) is 0 Å².